The summed E-state index contributed by atoms with van der Waals surface area (Å²) in [6, 6.07) is 8.00. The molecule has 1 unspecified atom stereocenters. The zero-order valence-electron chi connectivity index (χ0n) is 15.0. The van der Waals surface area contributed by atoms with E-state index in [1.165, 1.54) is 22.5 Å². The third-order valence-electron chi connectivity index (χ3n) is 4.47. The van der Waals surface area contributed by atoms with E-state index in [0.717, 1.165) is 44.5 Å². The number of thiazole rings is 1. The lowest BCUT2D eigenvalue weighted by molar-refractivity contribution is 0.0937. The van der Waals surface area contributed by atoms with Gasteiger partial charge in [0.15, 0.2) is 5.13 Å². The molecule has 0 aliphatic heterocycles. The van der Waals surface area contributed by atoms with Crippen LogP contribution in [0.1, 0.15) is 39.7 Å². The van der Waals surface area contributed by atoms with E-state index in [9.17, 15) is 4.79 Å². The number of carbonyl (C=O) groups is 1. The van der Waals surface area contributed by atoms with Crippen molar-refractivity contribution in [1.82, 2.24) is 10.3 Å². The molecule has 5 nitrogen and oxygen atoms in total. The molecular weight excluding hydrogens is 423 g/mol. The molecule has 0 radical (unpaired) electrons. The number of carbonyl (C=O) groups excluding carboxylic acids is 1. The van der Waals surface area contributed by atoms with Crippen LogP contribution in [0.4, 0.5) is 10.8 Å². The molecule has 3 aromatic rings. The summed E-state index contributed by atoms with van der Waals surface area (Å²) in [7, 11) is 3.95. The van der Waals surface area contributed by atoms with Crippen molar-refractivity contribution < 1.29 is 4.79 Å². The minimum Gasteiger partial charge on any atom is -0.399 e. The van der Waals surface area contributed by atoms with Gasteiger partial charge in [-0.3, -0.25) is 4.79 Å². The Kier molecular flexibility index (Phi) is 6.97. The lowest BCUT2D eigenvalue weighted by Crippen LogP contribution is -2.30. The maximum atomic E-state index is 12.7. The van der Waals surface area contributed by atoms with Crippen LogP contribution in [0.3, 0.4) is 0 Å². The Bertz CT molecular complexity index is 923. The maximum Gasteiger partial charge on any atom is 0.261 e. The van der Waals surface area contributed by atoms with Crippen LogP contribution in [-0.4, -0.2) is 25.0 Å². The van der Waals surface area contributed by atoms with Gasteiger partial charge in [-0.15, -0.1) is 36.2 Å². The summed E-state index contributed by atoms with van der Waals surface area (Å²) in [4.78, 5) is 20.9. The summed E-state index contributed by atoms with van der Waals surface area (Å²) in [5, 5.41) is 4.16. The number of nitrogen functional groups attached to an aromatic ring is 1. The Morgan fingerprint density at radius 3 is 2.74 bits per heavy atom. The second kappa shape index (κ2) is 8.65. The topological polar surface area (TPSA) is 71.2 Å². The molecule has 1 aromatic carbocycles. The van der Waals surface area contributed by atoms with Gasteiger partial charge in [-0.2, -0.15) is 0 Å². The van der Waals surface area contributed by atoms with Gasteiger partial charge in [0.2, 0.25) is 0 Å². The fraction of sp³-hybridized carbons (Fsp3) is 0.333. The van der Waals surface area contributed by atoms with Crippen LogP contribution in [0, 0.1) is 0 Å². The summed E-state index contributed by atoms with van der Waals surface area (Å²) < 4.78 is 1.07. The molecule has 1 amide bonds. The number of hydrogen-bond donors (Lipinski definition) is 2. The molecule has 1 aliphatic carbocycles. The van der Waals surface area contributed by atoms with Crippen molar-refractivity contribution in [2.45, 2.75) is 25.3 Å². The van der Waals surface area contributed by atoms with Gasteiger partial charge < -0.3 is 16.0 Å². The molecule has 0 saturated carbocycles. The molecule has 9 heteroatoms. The lowest BCUT2D eigenvalue weighted by atomic mass is 9.87. The minimum atomic E-state index is -0.0173. The third-order valence-corrected chi connectivity index (χ3v) is 6.80. The predicted molar refractivity (Wildman–Crippen MR) is 120 cm³/mol. The van der Waals surface area contributed by atoms with Crippen LogP contribution in [0.25, 0.3) is 9.53 Å². The van der Waals surface area contributed by atoms with Crippen LogP contribution >= 0.6 is 47.5 Å². The smallest absolute Gasteiger partial charge is 0.261 e. The van der Waals surface area contributed by atoms with E-state index in [1.807, 2.05) is 43.3 Å². The summed E-state index contributed by atoms with van der Waals surface area (Å²) in [5.74, 6) is -0.0173. The second-order valence-corrected chi connectivity index (χ2v) is 8.59. The molecule has 2 heterocycles. The van der Waals surface area contributed by atoms with E-state index in [2.05, 4.69) is 10.3 Å². The Labute approximate surface area is 178 Å². The molecule has 1 aliphatic rings. The average molecular weight is 445 g/mol. The van der Waals surface area contributed by atoms with Crippen LogP contribution in [0.5, 0.6) is 0 Å². The van der Waals surface area contributed by atoms with Gasteiger partial charge in [-0.05, 0) is 48.6 Å². The highest BCUT2D eigenvalue weighted by atomic mass is 35.5. The maximum absolute atomic E-state index is 12.7. The molecule has 4 rings (SSSR count). The standard InChI is InChI=1S/C18H20N4OS2.2ClH/c1-22(2)18-21-17-15(25-18)9-14(24-17)16(23)20-13-5-3-4-10-8-11(19)6-7-12(10)13;;/h6-9,13H,3-5,19H2,1-2H3,(H,20,23);2*1H. The molecule has 27 heavy (non-hydrogen) atoms. The first kappa shape index (κ1) is 21.8. The van der Waals surface area contributed by atoms with Gasteiger partial charge >= 0.3 is 0 Å². The van der Waals surface area contributed by atoms with Crippen LogP contribution in [0.2, 0.25) is 0 Å². The monoisotopic (exact) mass is 444 g/mol. The van der Waals surface area contributed by atoms with Crippen LogP contribution in [0.15, 0.2) is 24.3 Å². The number of hydrogen-bond acceptors (Lipinski definition) is 6. The van der Waals surface area contributed by atoms with E-state index < -0.39 is 0 Å². The number of rotatable bonds is 3. The summed E-state index contributed by atoms with van der Waals surface area (Å²) in [6.07, 6.45) is 3.05. The number of thiophene rings is 1. The highest BCUT2D eigenvalue weighted by Crippen LogP contribution is 2.35. The van der Waals surface area contributed by atoms with Crippen molar-refractivity contribution >= 4 is 73.7 Å². The summed E-state index contributed by atoms with van der Waals surface area (Å²) in [6.45, 7) is 0. The van der Waals surface area contributed by atoms with Crippen molar-refractivity contribution in [3.63, 3.8) is 0 Å². The lowest BCUT2D eigenvalue weighted by Gasteiger charge is -2.26. The van der Waals surface area contributed by atoms with Gasteiger partial charge in [0.05, 0.1) is 15.6 Å². The zero-order valence-corrected chi connectivity index (χ0v) is 18.3. The molecular formula is C18H22Cl2N4OS2. The number of nitrogens with one attached hydrogen (secondary N) is 1. The first-order chi connectivity index (χ1) is 12.0. The van der Waals surface area contributed by atoms with Crippen molar-refractivity contribution in [2.75, 3.05) is 24.7 Å². The highest BCUT2D eigenvalue weighted by molar-refractivity contribution is 7.29. The number of aryl methyl sites for hydroxylation is 1. The van der Waals surface area contributed by atoms with Crippen molar-refractivity contribution in [3.8, 4) is 0 Å². The number of nitrogens with zero attached hydrogens (tertiary/aromatic N) is 2. The van der Waals surface area contributed by atoms with Gasteiger partial charge in [0.1, 0.15) is 4.83 Å². The van der Waals surface area contributed by atoms with Crippen molar-refractivity contribution in [1.29, 1.82) is 0 Å². The molecule has 3 N–H and O–H groups in total. The fourth-order valence-electron chi connectivity index (χ4n) is 3.24. The largest absolute Gasteiger partial charge is 0.399 e. The molecule has 0 bridgehead atoms. The number of fused-ring (bicyclic) bond motifs is 2. The van der Waals surface area contributed by atoms with Crippen molar-refractivity contribution in [3.05, 3.63) is 40.3 Å². The van der Waals surface area contributed by atoms with E-state index in [4.69, 9.17) is 5.73 Å². The quantitative estimate of drug-likeness (QED) is 0.576. The first-order valence-electron chi connectivity index (χ1n) is 8.28. The minimum absolute atomic E-state index is 0. The number of nitrogens with two attached hydrogens (primary N) is 1. The Balaban J connectivity index is 0.00000131. The van der Waals surface area contributed by atoms with Crippen LogP contribution < -0.4 is 16.0 Å². The third kappa shape index (κ3) is 4.32. The normalized spacial score (nSPS) is 15.4. The SMILES string of the molecule is CN(C)c1nc2sc(C(=O)NC3CCCc4cc(N)ccc43)cc2s1.Cl.Cl. The van der Waals surface area contributed by atoms with Crippen molar-refractivity contribution in [2.24, 2.45) is 0 Å². The number of halogens is 2. The van der Waals surface area contributed by atoms with Gasteiger partial charge in [0, 0.05) is 19.8 Å². The number of benzene rings is 1. The highest BCUT2D eigenvalue weighted by Gasteiger charge is 2.23. The second-order valence-electron chi connectivity index (χ2n) is 6.55. The van der Waals surface area contributed by atoms with E-state index >= 15 is 0 Å². The molecule has 2 aromatic heterocycles. The summed E-state index contributed by atoms with van der Waals surface area (Å²) in [5.41, 5.74) is 9.12. The Morgan fingerprint density at radius 2 is 2.04 bits per heavy atom. The van der Waals surface area contributed by atoms with Gasteiger partial charge in [-0.25, -0.2) is 4.98 Å². The average Bonchev–Trinajstić information content (AvgIpc) is 3.13. The first-order valence-corrected chi connectivity index (χ1v) is 9.91. The Hall–Kier alpha value is -1.54. The zero-order chi connectivity index (χ0) is 17.6. The number of anilines is 2. The number of aromatic nitrogens is 1. The van der Waals surface area contributed by atoms with Crippen LogP contribution in [-0.2, 0) is 6.42 Å². The predicted octanol–water partition coefficient (Wildman–Crippen LogP) is 4.66. The number of amides is 1. The fourth-order valence-corrected chi connectivity index (χ4v) is 5.28. The van der Waals surface area contributed by atoms with E-state index in [0.29, 0.717) is 0 Å². The van der Waals surface area contributed by atoms with Gasteiger partial charge in [0.25, 0.3) is 5.91 Å². The molecule has 0 fully saturated rings. The van der Waals surface area contributed by atoms with Gasteiger partial charge in [-0.1, -0.05) is 17.4 Å². The molecule has 146 valence electrons. The molecule has 0 spiro atoms. The molecule has 0 saturated heterocycles. The Morgan fingerprint density at radius 1 is 1.26 bits per heavy atom. The van der Waals surface area contributed by atoms with E-state index in [1.54, 1.807) is 11.3 Å². The van der Waals surface area contributed by atoms with E-state index in [-0.39, 0.29) is 36.8 Å². The summed E-state index contributed by atoms with van der Waals surface area (Å²) >= 11 is 3.07. The molecule has 1 atom stereocenters.